The SMILES string of the molecule is CC(C)(N)C(=O)N[C@H](COCc1ccccc1)c1nnc2n1CC(Br)CC2OCc1ccccc1. The summed E-state index contributed by atoms with van der Waals surface area (Å²) < 4.78 is 14.3. The minimum atomic E-state index is -1.04. The molecule has 2 unspecified atom stereocenters. The highest BCUT2D eigenvalue weighted by molar-refractivity contribution is 9.09. The number of hydrogen-bond donors (Lipinski definition) is 2. The number of nitrogens with two attached hydrogens (primary N) is 1. The van der Waals surface area contributed by atoms with Crippen molar-refractivity contribution in [1.82, 2.24) is 20.1 Å². The number of hydrogen-bond acceptors (Lipinski definition) is 6. The summed E-state index contributed by atoms with van der Waals surface area (Å²) in [6, 6.07) is 19.4. The maximum Gasteiger partial charge on any atom is 0.240 e. The van der Waals surface area contributed by atoms with E-state index < -0.39 is 11.6 Å². The fraction of sp³-hybridized carbons (Fsp3) is 0.423. The van der Waals surface area contributed by atoms with Crippen LogP contribution in [0.25, 0.3) is 0 Å². The predicted molar refractivity (Wildman–Crippen MR) is 137 cm³/mol. The zero-order valence-corrected chi connectivity index (χ0v) is 21.6. The van der Waals surface area contributed by atoms with E-state index in [4.69, 9.17) is 15.2 Å². The summed E-state index contributed by atoms with van der Waals surface area (Å²) in [5.74, 6) is 1.09. The van der Waals surface area contributed by atoms with E-state index in [1.165, 1.54) is 0 Å². The summed E-state index contributed by atoms with van der Waals surface area (Å²) in [5, 5.41) is 12.0. The number of nitrogens with zero attached hydrogens (tertiary/aromatic N) is 3. The highest BCUT2D eigenvalue weighted by Gasteiger charge is 2.34. The molecule has 3 atom stereocenters. The lowest BCUT2D eigenvalue weighted by molar-refractivity contribution is -0.126. The molecule has 0 saturated heterocycles. The minimum Gasteiger partial charge on any atom is -0.374 e. The van der Waals surface area contributed by atoms with Crippen LogP contribution in [0.15, 0.2) is 60.7 Å². The largest absolute Gasteiger partial charge is 0.374 e. The molecule has 0 saturated carbocycles. The lowest BCUT2D eigenvalue weighted by Crippen LogP contribution is -2.51. The Morgan fingerprint density at radius 2 is 1.74 bits per heavy atom. The van der Waals surface area contributed by atoms with Crippen molar-refractivity contribution < 1.29 is 14.3 Å². The first-order chi connectivity index (χ1) is 16.8. The number of rotatable bonds is 10. The van der Waals surface area contributed by atoms with Gasteiger partial charge in [0.2, 0.25) is 5.91 Å². The summed E-state index contributed by atoms with van der Waals surface area (Å²) >= 11 is 3.76. The number of fused-ring (bicyclic) bond motifs is 1. The van der Waals surface area contributed by atoms with E-state index in [2.05, 4.69) is 31.4 Å². The molecule has 35 heavy (non-hydrogen) atoms. The van der Waals surface area contributed by atoms with Gasteiger partial charge in [0.05, 0.1) is 25.4 Å². The molecule has 1 aromatic heterocycles. The van der Waals surface area contributed by atoms with Crippen molar-refractivity contribution in [3.05, 3.63) is 83.4 Å². The molecule has 0 radical (unpaired) electrons. The molecule has 8 nitrogen and oxygen atoms in total. The molecular formula is C26H32BrN5O3. The Bertz CT molecular complexity index is 1100. The third kappa shape index (κ3) is 6.76. The maximum atomic E-state index is 12.8. The van der Waals surface area contributed by atoms with Gasteiger partial charge in [-0.15, -0.1) is 10.2 Å². The van der Waals surface area contributed by atoms with Gasteiger partial charge in [-0.25, -0.2) is 0 Å². The lowest BCUT2D eigenvalue weighted by atomic mass is 10.1. The highest BCUT2D eigenvalue weighted by atomic mass is 79.9. The van der Waals surface area contributed by atoms with Crippen LogP contribution in [-0.2, 0) is 34.0 Å². The van der Waals surface area contributed by atoms with Crippen LogP contribution in [-0.4, -0.2) is 37.6 Å². The van der Waals surface area contributed by atoms with Crippen molar-refractivity contribution in [2.75, 3.05) is 6.61 Å². The Morgan fingerprint density at radius 3 is 2.37 bits per heavy atom. The van der Waals surface area contributed by atoms with Crippen LogP contribution in [0.1, 0.15) is 55.2 Å². The summed E-state index contributed by atoms with van der Waals surface area (Å²) in [4.78, 5) is 13.0. The number of carbonyl (C=O) groups is 1. The normalized spacial score (nSPS) is 18.6. The zero-order valence-electron chi connectivity index (χ0n) is 20.1. The molecule has 186 valence electrons. The van der Waals surface area contributed by atoms with Crippen molar-refractivity contribution in [3.63, 3.8) is 0 Å². The zero-order chi connectivity index (χ0) is 24.8. The molecule has 1 aliphatic rings. The van der Waals surface area contributed by atoms with E-state index in [1.54, 1.807) is 13.8 Å². The van der Waals surface area contributed by atoms with Gasteiger partial charge in [0.1, 0.15) is 12.1 Å². The third-order valence-corrected chi connectivity index (χ3v) is 6.50. The molecule has 3 N–H and O–H groups in total. The second-order valence-corrected chi connectivity index (χ2v) is 10.7. The van der Waals surface area contributed by atoms with E-state index in [0.717, 1.165) is 23.4 Å². The number of carbonyl (C=O) groups excluding carboxylic acids is 1. The first-order valence-corrected chi connectivity index (χ1v) is 12.7. The van der Waals surface area contributed by atoms with Gasteiger partial charge < -0.3 is 25.1 Å². The van der Waals surface area contributed by atoms with Crippen LogP contribution >= 0.6 is 15.9 Å². The molecule has 1 aliphatic heterocycles. The number of aromatic nitrogens is 3. The van der Waals surface area contributed by atoms with Crippen LogP contribution < -0.4 is 11.1 Å². The number of amides is 1. The van der Waals surface area contributed by atoms with Crippen LogP contribution in [0.3, 0.4) is 0 Å². The Kier molecular flexibility index (Phi) is 8.33. The van der Waals surface area contributed by atoms with Crippen molar-refractivity contribution in [1.29, 1.82) is 0 Å². The van der Waals surface area contributed by atoms with Gasteiger partial charge in [0.15, 0.2) is 11.6 Å². The van der Waals surface area contributed by atoms with Crippen LogP contribution in [0.2, 0.25) is 0 Å². The Labute approximate surface area is 214 Å². The molecule has 2 aromatic carbocycles. The van der Waals surface area contributed by atoms with E-state index >= 15 is 0 Å². The van der Waals surface area contributed by atoms with Gasteiger partial charge in [-0.1, -0.05) is 76.6 Å². The lowest BCUT2D eigenvalue weighted by Gasteiger charge is -2.29. The smallest absolute Gasteiger partial charge is 0.240 e. The van der Waals surface area contributed by atoms with Crippen molar-refractivity contribution in [2.45, 2.75) is 62.5 Å². The summed E-state index contributed by atoms with van der Waals surface area (Å²) in [7, 11) is 0. The van der Waals surface area contributed by atoms with Gasteiger partial charge in [0, 0.05) is 11.4 Å². The van der Waals surface area contributed by atoms with Crippen molar-refractivity contribution in [3.8, 4) is 0 Å². The van der Waals surface area contributed by atoms with Gasteiger partial charge in [-0.05, 0) is 31.4 Å². The van der Waals surface area contributed by atoms with Crippen molar-refractivity contribution in [2.24, 2.45) is 5.73 Å². The second kappa shape index (κ2) is 11.4. The quantitative estimate of drug-likeness (QED) is 0.378. The van der Waals surface area contributed by atoms with Crippen LogP contribution in [0.4, 0.5) is 0 Å². The molecule has 4 rings (SSSR count). The minimum absolute atomic E-state index is 0.179. The summed E-state index contributed by atoms with van der Waals surface area (Å²) in [6.45, 7) is 5.15. The fourth-order valence-electron chi connectivity index (χ4n) is 3.93. The predicted octanol–water partition coefficient (Wildman–Crippen LogP) is 3.81. The molecule has 1 amide bonds. The molecular weight excluding hydrogens is 510 g/mol. The van der Waals surface area contributed by atoms with Crippen LogP contribution in [0.5, 0.6) is 0 Å². The maximum absolute atomic E-state index is 12.8. The Hall–Kier alpha value is -2.59. The van der Waals surface area contributed by atoms with Crippen molar-refractivity contribution >= 4 is 21.8 Å². The highest BCUT2D eigenvalue weighted by Crippen LogP contribution is 2.33. The fourth-order valence-corrected chi connectivity index (χ4v) is 4.56. The molecule has 0 aliphatic carbocycles. The summed E-state index contributed by atoms with van der Waals surface area (Å²) in [5.41, 5.74) is 7.16. The first-order valence-electron chi connectivity index (χ1n) is 11.8. The number of halogens is 1. The van der Waals surface area contributed by atoms with Gasteiger partial charge in [-0.2, -0.15) is 0 Å². The van der Waals surface area contributed by atoms with Crippen LogP contribution in [0, 0.1) is 0 Å². The molecule has 0 spiro atoms. The monoisotopic (exact) mass is 541 g/mol. The third-order valence-electron chi connectivity index (χ3n) is 5.84. The standard InChI is InChI=1S/C26H32BrN5O3/c1-26(2,28)25(33)29-21(17-34-15-18-9-5-3-6-10-18)23-30-31-24-22(13-20(27)14-32(23)24)35-16-19-11-7-4-8-12-19/h3-12,20-22H,13-17,28H2,1-2H3,(H,29,33)/t20?,21-,22?/m1/s1. The topological polar surface area (TPSA) is 104 Å². The molecule has 3 aromatic rings. The number of nitrogens with one attached hydrogen (secondary N) is 1. The van der Waals surface area contributed by atoms with E-state index in [1.807, 2.05) is 65.2 Å². The second-order valence-electron chi connectivity index (χ2n) is 9.39. The number of ether oxygens (including phenoxy) is 2. The van der Waals surface area contributed by atoms with Gasteiger partial charge in [0.25, 0.3) is 0 Å². The molecule has 2 heterocycles. The number of alkyl halides is 1. The number of benzene rings is 2. The van der Waals surface area contributed by atoms with E-state index in [0.29, 0.717) is 25.6 Å². The average Bonchev–Trinajstić information content (AvgIpc) is 3.26. The molecule has 0 bridgehead atoms. The molecule has 9 heteroatoms. The van der Waals surface area contributed by atoms with E-state index in [9.17, 15) is 4.79 Å². The van der Waals surface area contributed by atoms with Gasteiger partial charge >= 0.3 is 0 Å². The first kappa shape index (κ1) is 25.5. The summed E-state index contributed by atoms with van der Waals surface area (Å²) in [6.07, 6.45) is 0.560. The Morgan fingerprint density at radius 1 is 1.11 bits per heavy atom. The van der Waals surface area contributed by atoms with Gasteiger partial charge in [-0.3, -0.25) is 4.79 Å². The Balaban J connectivity index is 1.53. The average molecular weight is 542 g/mol. The molecule has 0 fully saturated rings. The van der Waals surface area contributed by atoms with E-state index in [-0.39, 0.29) is 23.4 Å².